The Hall–Kier alpha value is -5.06. The molecule has 40 heavy (non-hydrogen) atoms. The largest absolute Gasteiger partial charge is 0.494 e. The average molecular weight is 551 g/mol. The molecule has 3 aromatic carbocycles. The molecule has 210 valence electrons. The van der Waals surface area contributed by atoms with Gasteiger partial charge in [-0.1, -0.05) is 44.7 Å². The van der Waals surface area contributed by atoms with Crippen molar-refractivity contribution in [1.82, 2.24) is 0 Å². The fourth-order valence-corrected chi connectivity index (χ4v) is 3.22. The van der Waals surface area contributed by atoms with Crippen LogP contribution in [0.25, 0.3) is 11.1 Å². The number of carbonyl (C=O) groups excluding carboxylic acids is 2. The topological polar surface area (TPSA) is 148 Å². The van der Waals surface area contributed by atoms with Crippen molar-refractivity contribution in [1.29, 1.82) is 0 Å². The molecule has 0 unspecified atom stereocenters. The van der Waals surface area contributed by atoms with Crippen LogP contribution in [-0.2, 0) is 9.53 Å². The molecule has 0 aromatic heterocycles. The normalized spacial score (nSPS) is 9.97. The average Bonchev–Trinajstić information content (AvgIpc) is 2.96. The molecule has 0 atom stereocenters. The first-order valence-corrected chi connectivity index (χ1v) is 12.5. The van der Waals surface area contributed by atoms with E-state index in [-0.39, 0.29) is 12.2 Å². The summed E-state index contributed by atoms with van der Waals surface area (Å²) in [5.41, 5.74) is 0.813. The zero-order valence-electron chi connectivity index (χ0n) is 22.5. The van der Waals surface area contributed by atoms with Gasteiger partial charge in [0.25, 0.3) is 11.4 Å². The molecule has 0 N–H and O–H groups in total. The Morgan fingerprint density at radius 2 is 1.25 bits per heavy atom. The predicted molar refractivity (Wildman–Crippen MR) is 148 cm³/mol. The van der Waals surface area contributed by atoms with Crippen molar-refractivity contribution in [2.75, 3.05) is 13.2 Å². The number of hydrogen-bond acceptors (Lipinski definition) is 9. The second kappa shape index (κ2) is 15.4. The third-order valence-corrected chi connectivity index (χ3v) is 5.20. The van der Waals surface area contributed by atoms with Crippen LogP contribution in [0.3, 0.4) is 0 Å². The maximum absolute atomic E-state index is 12.2. The molecule has 11 nitrogen and oxygen atoms in total. The monoisotopic (exact) mass is 550 g/mol. The van der Waals surface area contributed by atoms with Gasteiger partial charge in [0.15, 0.2) is 0 Å². The number of nitrogens with zero attached hydrogens (tertiary/aromatic N) is 2. The minimum atomic E-state index is -0.879. The maximum atomic E-state index is 12.2. The number of benzene rings is 3. The Morgan fingerprint density at radius 3 is 1.73 bits per heavy atom. The Kier molecular flexibility index (Phi) is 12.0. The van der Waals surface area contributed by atoms with Crippen LogP contribution in [0.15, 0.2) is 78.9 Å². The van der Waals surface area contributed by atoms with Crippen molar-refractivity contribution in [2.24, 2.45) is 0 Å². The summed E-state index contributed by atoms with van der Waals surface area (Å²) in [6.45, 7) is 9.51. The van der Waals surface area contributed by atoms with Crippen molar-refractivity contribution < 1.29 is 33.6 Å². The summed E-state index contributed by atoms with van der Waals surface area (Å²) in [6, 6.07) is 17.2. The molecule has 0 saturated heterocycles. The number of unbranched alkanes of at least 4 members (excludes halogenated alkanes) is 1. The molecule has 11 heteroatoms. The van der Waals surface area contributed by atoms with E-state index in [0.717, 1.165) is 29.3 Å². The minimum Gasteiger partial charge on any atom is -0.494 e. The molecule has 0 aliphatic rings. The quantitative estimate of drug-likeness (QED) is 0.0600. The highest BCUT2D eigenvalue weighted by Crippen LogP contribution is 2.25. The smallest absolute Gasteiger partial charge is 0.338 e. The molecule has 0 saturated carbocycles. The lowest BCUT2D eigenvalue weighted by atomic mass is 10.1. The van der Waals surface area contributed by atoms with Crippen molar-refractivity contribution >= 4 is 23.3 Å². The van der Waals surface area contributed by atoms with Gasteiger partial charge in [-0.25, -0.2) is 9.59 Å². The Labute approximate surface area is 231 Å². The van der Waals surface area contributed by atoms with E-state index in [9.17, 15) is 29.8 Å². The van der Waals surface area contributed by atoms with Crippen molar-refractivity contribution in [2.45, 2.75) is 33.6 Å². The fraction of sp³-hybridized carbons (Fsp3) is 0.241. The summed E-state index contributed by atoms with van der Waals surface area (Å²) in [5.74, 6) is -0.276. The van der Waals surface area contributed by atoms with Gasteiger partial charge >= 0.3 is 11.9 Å². The molecule has 0 spiro atoms. The van der Waals surface area contributed by atoms with Gasteiger partial charge in [0.1, 0.15) is 11.5 Å². The molecule has 0 fully saturated rings. The molecule has 0 aliphatic heterocycles. The fourth-order valence-electron chi connectivity index (χ4n) is 3.22. The Morgan fingerprint density at radius 1 is 0.775 bits per heavy atom. The van der Waals surface area contributed by atoms with Gasteiger partial charge in [0, 0.05) is 17.7 Å². The number of ether oxygens (including phenoxy) is 3. The molecular weight excluding hydrogens is 520 g/mol. The zero-order valence-corrected chi connectivity index (χ0v) is 22.5. The molecule has 0 bridgehead atoms. The number of carbonyl (C=O) groups is 2. The van der Waals surface area contributed by atoms with Crippen LogP contribution < -0.4 is 9.47 Å². The molecule has 0 aliphatic carbocycles. The third-order valence-electron chi connectivity index (χ3n) is 5.20. The van der Waals surface area contributed by atoms with Crippen LogP contribution in [0.2, 0.25) is 0 Å². The van der Waals surface area contributed by atoms with Gasteiger partial charge in [-0.15, -0.1) is 0 Å². The molecule has 0 radical (unpaired) electrons. The number of hydrogen-bond donors (Lipinski definition) is 0. The van der Waals surface area contributed by atoms with Gasteiger partial charge in [-0.2, -0.15) is 0 Å². The van der Waals surface area contributed by atoms with Gasteiger partial charge in [0.2, 0.25) is 0 Å². The van der Waals surface area contributed by atoms with E-state index in [1.54, 1.807) is 19.1 Å². The van der Waals surface area contributed by atoms with Crippen LogP contribution in [0.4, 0.5) is 11.4 Å². The van der Waals surface area contributed by atoms with E-state index in [2.05, 4.69) is 6.58 Å². The van der Waals surface area contributed by atoms with Crippen LogP contribution >= 0.6 is 0 Å². The highest BCUT2D eigenvalue weighted by Gasteiger charge is 2.20. The van der Waals surface area contributed by atoms with Gasteiger partial charge in [-0.05, 0) is 55.2 Å². The summed E-state index contributed by atoms with van der Waals surface area (Å²) in [6.07, 6.45) is 1.03. The van der Waals surface area contributed by atoms with E-state index in [4.69, 9.17) is 14.2 Å². The van der Waals surface area contributed by atoms with Gasteiger partial charge < -0.3 is 14.2 Å². The lowest BCUT2D eigenvalue weighted by molar-refractivity contribution is -0.394. The first-order chi connectivity index (χ1) is 19.1. The van der Waals surface area contributed by atoms with Crippen molar-refractivity contribution in [3.63, 3.8) is 0 Å². The predicted octanol–water partition coefficient (Wildman–Crippen LogP) is 6.69. The number of esters is 2. The zero-order chi connectivity index (χ0) is 29.7. The second-order valence-electron chi connectivity index (χ2n) is 8.16. The van der Waals surface area contributed by atoms with E-state index in [1.807, 2.05) is 50.2 Å². The van der Waals surface area contributed by atoms with Crippen LogP contribution in [0.5, 0.6) is 11.5 Å². The van der Waals surface area contributed by atoms with Gasteiger partial charge in [0.05, 0.1) is 34.7 Å². The van der Waals surface area contributed by atoms with Crippen LogP contribution in [0, 0.1) is 20.2 Å². The lowest BCUT2D eigenvalue weighted by Crippen LogP contribution is -2.09. The number of rotatable bonds is 12. The minimum absolute atomic E-state index is 0.0231. The van der Waals surface area contributed by atoms with E-state index in [0.29, 0.717) is 36.5 Å². The third kappa shape index (κ3) is 9.35. The van der Waals surface area contributed by atoms with Crippen molar-refractivity contribution in [3.8, 4) is 22.6 Å². The Balaban J connectivity index is 0.00000274. The summed E-state index contributed by atoms with van der Waals surface area (Å²) < 4.78 is 16.0. The highest BCUT2D eigenvalue weighted by atomic mass is 16.6. The first kappa shape index (κ1) is 31.2. The second-order valence-corrected chi connectivity index (χ2v) is 8.16. The molecule has 0 heterocycles. The van der Waals surface area contributed by atoms with E-state index in [1.165, 1.54) is 0 Å². The molecule has 0 amide bonds. The SMILES string of the molecule is C=C(C)C(=O)Oc1ccc(-c2ccc(OCCCCOC(=O)c3cc([N+](=O)[O-])cc([N+](=O)[O-])c3)cc2)cc1.CC. The number of nitro benzene ring substituents is 2. The first-order valence-electron chi connectivity index (χ1n) is 12.5. The standard InChI is InChI=1S/C27H24N2O9.C2H6/c1-18(2)26(30)38-25-11-7-20(8-12-25)19-5-9-24(10-6-19)36-13-3-4-14-37-27(31)21-15-22(28(32)33)17-23(16-21)29(34)35;1-2/h5-12,15-17H,1,3-4,13-14H2,2H3;1-2H3. The summed E-state index contributed by atoms with van der Waals surface area (Å²) in [5, 5.41) is 21.9. The maximum Gasteiger partial charge on any atom is 0.338 e. The highest BCUT2D eigenvalue weighted by molar-refractivity contribution is 5.91. The number of nitro groups is 2. The van der Waals surface area contributed by atoms with E-state index >= 15 is 0 Å². The van der Waals surface area contributed by atoms with Crippen molar-refractivity contribution in [3.05, 3.63) is 105 Å². The van der Waals surface area contributed by atoms with Gasteiger partial charge in [-0.3, -0.25) is 20.2 Å². The number of non-ortho nitro benzene ring substituents is 2. The summed E-state index contributed by atoms with van der Waals surface area (Å²) >= 11 is 0. The van der Waals surface area contributed by atoms with E-state index < -0.39 is 33.2 Å². The van der Waals surface area contributed by atoms with Crippen LogP contribution in [0.1, 0.15) is 44.0 Å². The molecule has 3 rings (SSSR count). The molecule has 3 aromatic rings. The lowest BCUT2D eigenvalue weighted by Gasteiger charge is -2.09. The molecular formula is C29H30N2O9. The van der Waals surface area contributed by atoms with Crippen LogP contribution in [-0.4, -0.2) is 35.0 Å². The summed E-state index contributed by atoms with van der Waals surface area (Å²) in [7, 11) is 0. The summed E-state index contributed by atoms with van der Waals surface area (Å²) in [4.78, 5) is 44.1. The Bertz CT molecular complexity index is 1320.